The van der Waals surface area contributed by atoms with E-state index in [0.717, 1.165) is 57.6 Å². The Labute approximate surface area is 163 Å². The fourth-order valence-corrected chi connectivity index (χ4v) is 3.59. The fourth-order valence-electron chi connectivity index (χ4n) is 3.59. The van der Waals surface area contributed by atoms with Crippen LogP contribution in [0.15, 0.2) is 29.4 Å². The molecule has 0 spiro atoms. The van der Waals surface area contributed by atoms with Crippen LogP contribution in [0, 0.1) is 5.92 Å². The van der Waals surface area contributed by atoms with Crippen LogP contribution in [-0.4, -0.2) is 33.7 Å². The van der Waals surface area contributed by atoms with E-state index in [-0.39, 0.29) is 11.8 Å². The van der Waals surface area contributed by atoms with E-state index in [1.807, 2.05) is 0 Å². The van der Waals surface area contributed by atoms with E-state index in [9.17, 15) is 4.79 Å². The van der Waals surface area contributed by atoms with Crippen molar-refractivity contribution >= 4 is 5.91 Å². The van der Waals surface area contributed by atoms with E-state index in [2.05, 4.69) is 59.0 Å². The Morgan fingerprint density at radius 1 is 1.26 bits per heavy atom. The molecule has 1 aromatic heterocycles. The van der Waals surface area contributed by atoms with Gasteiger partial charge >= 0.3 is 0 Å². The third-order valence-electron chi connectivity index (χ3n) is 5.64. The number of hydrogen-bond donors (Lipinski definition) is 1. The standard InChI is InChI=1S/C22H34N4O/c1-17(2)6-4-7-18(3)10-11-25-12-13-26-21(16-25)14-20(24-26)15-23-22(27)19-8-5-9-19/h6,10,14,19H,4-5,7-9,11-13,15-16H2,1-3H3,(H,23,27). The molecule has 1 aliphatic carbocycles. The third kappa shape index (κ3) is 5.80. The van der Waals surface area contributed by atoms with E-state index < -0.39 is 0 Å². The van der Waals surface area contributed by atoms with Crippen LogP contribution in [0.25, 0.3) is 0 Å². The van der Waals surface area contributed by atoms with Gasteiger partial charge in [0.2, 0.25) is 5.91 Å². The summed E-state index contributed by atoms with van der Waals surface area (Å²) in [7, 11) is 0. The highest BCUT2D eigenvalue weighted by Crippen LogP contribution is 2.26. The van der Waals surface area contributed by atoms with E-state index >= 15 is 0 Å². The van der Waals surface area contributed by atoms with Gasteiger partial charge < -0.3 is 5.32 Å². The largest absolute Gasteiger partial charge is 0.350 e. The Morgan fingerprint density at radius 2 is 2.07 bits per heavy atom. The molecule has 1 fully saturated rings. The zero-order valence-electron chi connectivity index (χ0n) is 17.1. The molecule has 27 heavy (non-hydrogen) atoms. The summed E-state index contributed by atoms with van der Waals surface area (Å²) in [5.74, 6) is 0.437. The summed E-state index contributed by atoms with van der Waals surface area (Å²) in [5, 5.41) is 7.71. The van der Waals surface area contributed by atoms with Gasteiger partial charge in [0.25, 0.3) is 0 Å². The molecule has 0 saturated heterocycles. The van der Waals surface area contributed by atoms with Crippen molar-refractivity contribution < 1.29 is 4.79 Å². The van der Waals surface area contributed by atoms with Gasteiger partial charge in [0, 0.05) is 25.6 Å². The van der Waals surface area contributed by atoms with Crippen molar-refractivity contribution in [3.8, 4) is 0 Å². The third-order valence-corrected chi connectivity index (χ3v) is 5.64. The first-order valence-electron chi connectivity index (χ1n) is 10.4. The monoisotopic (exact) mass is 370 g/mol. The number of fused-ring (bicyclic) bond motifs is 1. The molecule has 0 aromatic carbocycles. The maximum atomic E-state index is 12.0. The summed E-state index contributed by atoms with van der Waals surface area (Å²) in [5.41, 5.74) is 5.09. The summed E-state index contributed by atoms with van der Waals surface area (Å²) in [6.07, 6.45) is 10.2. The van der Waals surface area contributed by atoms with E-state index in [1.54, 1.807) is 0 Å². The highest BCUT2D eigenvalue weighted by molar-refractivity contribution is 5.79. The van der Waals surface area contributed by atoms with Crippen LogP contribution in [0.2, 0.25) is 0 Å². The molecule has 0 atom stereocenters. The average Bonchev–Trinajstić information content (AvgIpc) is 2.98. The van der Waals surface area contributed by atoms with Gasteiger partial charge in [-0.05, 0) is 52.5 Å². The second kappa shape index (κ2) is 9.36. The normalized spacial score (nSPS) is 18.0. The molecule has 2 aliphatic rings. The molecular weight excluding hydrogens is 336 g/mol. The van der Waals surface area contributed by atoms with Crippen LogP contribution in [0.4, 0.5) is 0 Å². The van der Waals surface area contributed by atoms with E-state index in [4.69, 9.17) is 0 Å². The lowest BCUT2D eigenvalue weighted by molar-refractivity contribution is -0.127. The number of carbonyl (C=O) groups is 1. The average molecular weight is 371 g/mol. The van der Waals surface area contributed by atoms with Gasteiger partial charge in [-0.1, -0.05) is 29.7 Å². The first-order chi connectivity index (χ1) is 13.0. The summed E-state index contributed by atoms with van der Waals surface area (Å²) in [6, 6.07) is 2.15. The van der Waals surface area contributed by atoms with Crippen LogP contribution in [0.3, 0.4) is 0 Å². The van der Waals surface area contributed by atoms with Crippen molar-refractivity contribution in [1.29, 1.82) is 0 Å². The number of allylic oxidation sites excluding steroid dienone is 3. The minimum absolute atomic E-state index is 0.197. The van der Waals surface area contributed by atoms with Crippen molar-refractivity contribution in [3.63, 3.8) is 0 Å². The van der Waals surface area contributed by atoms with E-state index in [0.29, 0.717) is 6.54 Å². The predicted molar refractivity (Wildman–Crippen MR) is 109 cm³/mol. The molecule has 5 nitrogen and oxygen atoms in total. The van der Waals surface area contributed by atoms with Gasteiger partial charge in [-0.2, -0.15) is 5.10 Å². The molecule has 1 aromatic rings. The number of carbonyl (C=O) groups excluding carboxylic acids is 1. The second-order valence-corrected chi connectivity index (χ2v) is 8.30. The quantitative estimate of drug-likeness (QED) is 0.708. The smallest absolute Gasteiger partial charge is 0.223 e. The minimum Gasteiger partial charge on any atom is -0.350 e. The zero-order chi connectivity index (χ0) is 19.2. The highest BCUT2D eigenvalue weighted by Gasteiger charge is 2.25. The number of nitrogens with zero attached hydrogens (tertiary/aromatic N) is 3. The Balaban J connectivity index is 1.45. The fraction of sp³-hybridized carbons (Fsp3) is 0.636. The van der Waals surface area contributed by atoms with Crippen molar-refractivity contribution in [1.82, 2.24) is 20.0 Å². The molecule has 0 bridgehead atoms. The molecular formula is C22H34N4O. The topological polar surface area (TPSA) is 50.2 Å². The zero-order valence-corrected chi connectivity index (χ0v) is 17.1. The SMILES string of the molecule is CC(C)=CCCC(C)=CCN1CCn2nc(CNC(=O)C3CCC3)cc2C1. The lowest BCUT2D eigenvalue weighted by Crippen LogP contribution is -2.34. The Morgan fingerprint density at radius 3 is 2.78 bits per heavy atom. The van der Waals surface area contributed by atoms with Gasteiger partial charge in [-0.3, -0.25) is 14.4 Å². The van der Waals surface area contributed by atoms with Crippen LogP contribution >= 0.6 is 0 Å². The van der Waals surface area contributed by atoms with Crippen LogP contribution in [-0.2, 0) is 24.4 Å². The maximum absolute atomic E-state index is 12.0. The van der Waals surface area contributed by atoms with Gasteiger partial charge in [0.15, 0.2) is 0 Å². The molecule has 0 radical (unpaired) electrons. The Hall–Kier alpha value is -1.88. The summed E-state index contributed by atoms with van der Waals surface area (Å²) in [4.78, 5) is 14.5. The number of rotatable bonds is 8. The predicted octanol–water partition coefficient (Wildman–Crippen LogP) is 3.81. The minimum atomic E-state index is 0.197. The molecule has 5 heteroatoms. The number of nitrogens with one attached hydrogen (secondary N) is 1. The molecule has 1 N–H and O–H groups in total. The number of aromatic nitrogens is 2. The van der Waals surface area contributed by atoms with Crippen LogP contribution in [0.5, 0.6) is 0 Å². The molecule has 1 aliphatic heterocycles. The molecule has 1 amide bonds. The van der Waals surface area contributed by atoms with Crippen LogP contribution in [0.1, 0.15) is 64.3 Å². The van der Waals surface area contributed by atoms with Crippen molar-refractivity contribution in [3.05, 3.63) is 40.8 Å². The highest BCUT2D eigenvalue weighted by atomic mass is 16.1. The van der Waals surface area contributed by atoms with Crippen LogP contribution < -0.4 is 5.32 Å². The molecule has 0 unspecified atom stereocenters. The van der Waals surface area contributed by atoms with E-state index in [1.165, 1.54) is 23.3 Å². The summed E-state index contributed by atoms with van der Waals surface area (Å²) in [6.45, 7) is 11.0. The molecule has 2 heterocycles. The first kappa shape index (κ1) is 19.9. The maximum Gasteiger partial charge on any atom is 0.223 e. The molecule has 1 saturated carbocycles. The summed E-state index contributed by atoms with van der Waals surface area (Å²) < 4.78 is 2.10. The number of amides is 1. The molecule has 3 rings (SSSR count). The van der Waals surface area contributed by atoms with Gasteiger partial charge in [0.05, 0.1) is 24.5 Å². The Kier molecular flexibility index (Phi) is 6.89. The first-order valence-corrected chi connectivity index (χ1v) is 10.4. The Bertz CT molecular complexity index is 708. The second-order valence-electron chi connectivity index (χ2n) is 8.30. The van der Waals surface area contributed by atoms with Crippen molar-refractivity contribution in [2.24, 2.45) is 5.92 Å². The van der Waals surface area contributed by atoms with Crippen molar-refractivity contribution in [2.45, 2.75) is 72.5 Å². The van der Waals surface area contributed by atoms with Gasteiger partial charge in [-0.15, -0.1) is 0 Å². The van der Waals surface area contributed by atoms with Crippen molar-refractivity contribution in [2.75, 3.05) is 13.1 Å². The molecule has 148 valence electrons. The lowest BCUT2D eigenvalue weighted by Gasteiger charge is -2.26. The lowest BCUT2D eigenvalue weighted by atomic mass is 9.85. The van der Waals surface area contributed by atoms with Gasteiger partial charge in [-0.25, -0.2) is 0 Å². The van der Waals surface area contributed by atoms with Gasteiger partial charge in [0.1, 0.15) is 0 Å². The summed E-state index contributed by atoms with van der Waals surface area (Å²) >= 11 is 0. The number of hydrogen-bond acceptors (Lipinski definition) is 3.